The highest BCUT2D eigenvalue weighted by Gasteiger charge is 2.36. The summed E-state index contributed by atoms with van der Waals surface area (Å²) >= 11 is 0. The Morgan fingerprint density at radius 3 is 2.68 bits per heavy atom. The molecular formula is C15H22N2O2. The molecule has 1 aliphatic heterocycles. The minimum atomic E-state index is -0.0564. The van der Waals surface area contributed by atoms with Gasteiger partial charge in [0, 0.05) is 13.0 Å². The van der Waals surface area contributed by atoms with Crippen LogP contribution in [0.1, 0.15) is 31.9 Å². The lowest BCUT2D eigenvalue weighted by Gasteiger charge is -2.44. The third-order valence-electron chi connectivity index (χ3n) is 3.64. The van der Waals surface area contributed by atoms with Gasteiger partial charge in [0.25, 0.3) is 0 Å². The van der Waals surface area contributed by atoms with Gasteiger partial charge < -0.3 is 15.4 Å². The minimum absolute atomic E-state index is 0.0326. The quantitative estimate of drug-likeness (QED) is 0.902. The molecule has 1 saturated heterocycles. The van der Waals surface area contributed by atoms with Crippen molar-refractivity contribution in [1.82, 2.24) is 4.90 Å². The molecule has 104 valence electrons. The van der Waals surface area contributed by atoms with Crippen LogP contribution < -0.4 is 5.73 Å². The van der Waals surface area contributed by atoms with E-state index in [2.05, 4.69) is 0 Å². The zero-order valence-corrected chi connectivity index (χ0v) is 11.6. The minimum Gasteiger partial charge on any atom is -0.369 e. The highest BCUT2D eigenvalue weighted by Crippen LogP contribution is 2.31. The molecule has 0 aromatic heterocycles. The number of rotatable bonds is 3. The third kappa shape index (κ3) is 2.96. The standard InChI is InChI=1S/C15H22N2O2/c1-11-10-19-15(13-6-4-3-5-7-13)12(2)17(11)14(18)8-9-16/h3-7,11-12,15H,8-10,16H2,1-2H3/t11-,12-,15-/m1/s1. The van der Waals surface area contributed by atoms with Crippen molar-refractivity contribution >= 4 is 5.91 Å². The summed E-state index contributed by atoms with van der Waals surface area (Å²) in [6, 6.07) is 10.2. The fourth-order valence-corrected chi connectivity index (χ4v) is 2.75. The first-order valence-electron chi connectivity index (χ1n) is 6.83. The normalized spacial score (nSPS) is 27.3. The number of carbonyl (C=O) groups excluding carboxylic acids is 1. The molecule has 1 aromatic carbocycles. The van der Waals surface area contributed by atoms with Crippen molar-refractivity contribution in [3.63, 3.8) is 0 Å². The van der Waals surface area contributed by atoms with E-state index in [1.165, 1.54) is 0 Å². The van der Waals surface area contributed by atoms with E-state index >= 15 is 0 Å². The molecule has 1 aromatic rings. The summed E-state index contributed by atoms with van der Waals surface area (Å²) < 4.78 is 5.92. The predicted molar refractivity (Wildman–Crippen MR) is 74.6 cm³/mol. The van der Waals surface area contributed by atoms with Gasteiger partial charge in [0.15, 0.2) is 0 Å². The van der Waals surface area contributed by atoms with Crippen molar-refractivity contribution in [1.29, 1.82) is 0 Å². The molecule has 0 radical (unpaired) electrons. The molecule has 19 heavy (non-hydrogen) atoms. The summed E-state index contributed by atoms with van der Waals surface area (Å²) in [5.41, 5.74) is 6.61. The molecule has 1 amide bonds. The van der Waals surface area contributed by atoms with Gasteiger partial charge in [-0.25, -0.2) is 0 Å². The number of hydrogen-bond donors (Lipinski definition) is 1. The fourth-order valence-electron chi connectivity index (χ4n) is 2.75. The fraction of sp³-hybridized carbons (Fsp3) is 0.533. The maximum Gasteiger partial charge on any atom is 0.224 e. The molecule has 1 fully saturated rings. The molecule has 4 nitrogen and oxygen atoms in total. The number of amides is 1. The predicted octanol–water partition coefficient (Wildman–Crippen LogP) is 1.71. The first-order valence-corrected chi connectivity index (χ1v) is 6.83. The Labute approximate surface area is 114 Å². The van der Waals surface area contributed by atoms with E-state index in [0.717, 1.165) is 5.56 Å². The maximum absolute atomic E-state index is 12.2. The van der Waals surface area contributed by atoms with Crippen LogP contribution in [0.15, 0.2) is 30.3 Å². The van der Waals surface area contributed by atoms with E-state index < -0.39 is 0 Å². The van der Waals surface area contributed by atoms with Crippen LogP contribution in [0.5, 0.6) is 0 Å². The highest BCUT2D eigenvalue weighted by molar-refractivity contribution is 5.77. The first kappa shape index (κ1) is 14.0. The maximum atomic E-state index is 12.2. The number of benzene rings is 1. The lowest BCUT2D eigenvalue weighted by Crippen LogP contribution is -2.53. The van der Waals surface area contributed by atoms with Gasteiger partial charge in [-0.05, 0) is 19.4 Å². The first-order chi connectivity index (χ1) is 9.15. The van der Waals surface area contributed by atoms with Gasteiger partial charge in [0.05, 0.1) is 18.7 Å². The largest absolute Gasteiger partial charge is 0.369 e. The monoisotopic (exact) mass is 262 g/mol. The van der Waals surface area contributed by atoms with Crippen LogP contribution in [0.4, 0.5) is 0 Å². The molecule has 2 rings (SSSR count). The van der Waals surface area contributed by atoms with E-state index in [1.54, 1.807) is 0 Å². The Balaban J connectivity index is 2.18. The van der Waals surface area contributed by atoms with Crippen molar-refractivity contribution in [3.8, 4) is 0 Å². The highest BCUT2D eigenvalue weighted by atomic mass is 16.5. The van der Waals surface area contributed by atoms with Crippen LogP contribution in [-0.2, 0) is 9.53 Å². The Kier molecular flexibility index (Phi) is 4.56. The molecule has 0 saturated carbocycles. The lowest BCUT2D eigenvalue weighted by atomic mass is 9.98. The van der Waals surface area contributed by atoms with Gasteiger partial charge in [-0.1, -0.05) is 30.3 Å². The van der Waals surface area contributed by atoms with Crippen molar-refractivity contribution in [2.24, 2.45) is 5.73 Å². The topological polar surface area (TPSA) is 55.6 Å². The van der Waals surface area contributed by atoms with Crippen LogP contribution >= 0.6 is 0 Å². The van der Waals surface area contributed by atoms with Gasteiger partial charge in [-0.3, -0.25) is 4.79 Å². The SMILES string of the molecule is C[C@@H]1CO[C@@H](c2ccccc2)[C@@H](C)N1C(=O)CCN. The van der Waals surface area contributed by atoms with E-state index in [9.17, 15) is 4.79 Å². The van der Waals surface area contributed by atoms with Crippen molar-refractivity contribution in [2.45, 2.75) is 38.5 Å². The second-order valence-corrected chi connectivity index (χ2v) is 5.09. The number of morpholine rings is 1. The van der Waals surface area contributed by atoms with Gasteiger partial charge in [0.1, 0.15) is 6.10 Å². The smallest absolute Gasteiger partial charge is 0.224 e. The number of ether oxygens (including phenoxy) is 1. The van der Waals surface area contributed by atoms with E-state index in [-0.39, 0.29) is 24.1 Å². The zero-order valence-electron chi connectivity index (χ0n) is 11.6. The Hall–Kier alpha value is -1.39. The van der Waals surface area contributed by atoms with E-state index in [4.69, 9.17) is 10.5 Å². The van der Waals surface area contributed by atoms with Gasteiger partial charge in [0.2, 0.25) is 5.91 Å². The summed E-state index contributed by atoms with van der Waals surface area (Å²) in [7, 11) is 0. The van der Waals surface area contributed by atoms with Crippen molar-refractivity contribution in [3.05, 3.63) is 35.9 Å². The molecule has 0 aliphatic carbocycles. The van der Waals surface area contributed by atoms with Crippen LogP contribution in [0.2, 0.25) is 0 Å². The lowest BCUT2D eigenvalue weighted by molar-refractivity contribution is -0.153. The average Bonchev–Trinajstić information content (AvgIpc) is 2.40. The summed E-state index contributed by atoms with van der Waals surface area (Å²) in [6.45, 7) is 5.03. The molecule has 4 heteroatoms. The second kappa shape index (κ2) is 6.17. The number of hydrogen-bond acceptors (Lipinski definition) is 3. The summed E-state index contributed by atoms with van der Waals surface area (Å²) in [5, 5.41) is 0. The Morgan fingerprint density at radius 1 is 1.37 bits per heavy atom. The molecule has 2 N–H and O–H groups in total. The molecule has 3 atom stereocenters. The molecule has 0 bridgehead atoms. The summed E-state index contributed by atoms with van der Waals surface area (Å²) in [5.74, 6) is 0.117. The zero-order chi connectivity index (χ0) is 13.8. The Bertz CT molecular complexity index is 421. The van der Waals surface area contributed by atoms with E-state index in [1.807, 2.05) is 49.1 Å². The molecule has 0 unspecified atom stereocenters. The summed E-state index contributed by atoms with van der Waals surface area (Å²) in [6.07, 6.45) is 0.343. The number of carbonyl (C=O) groups is 1. The van der Waals surface area contributed by atoms with Gasteiger partial charge >= 0.3 is 0 Å². The third-order valence-corrected chi connectivity index (χ3v) is 3.64. The van der Waals surface area contributed by atoms with Crippen LogP contribution in [0.25, 0.3) is 0 Å². The summed E-state index contributed by atoms with van der Waals surface area (Å²) in [4.78, 5) is 14.1. The van der Waals surface area contributed by atoms with Crippen LogP contribution in [-0.4, -0.2) is 36.0 Å². The van der Waals surface area contributed by atoms with Crippen LogP contribution in [0.3, 0.4) is 0 Å². The van der Waals surface area contributed by atoms with Gasteiger partial charge in [-0.2, -0.15) is 0 Å². The van der Waals surface area contributed by atoms with E-state index in [0.29, 0.717) is 19.6 Å². The second-order valence-electron chi connectivity index (χ2n) is 5.09. The van der Waals surface area contributed by atoms with Crippen molar-refractivity contribution < 1.29 is 9.53 Å². The molecule has 0 spiro atoms. The average molecular weight is 262 g/mol. The molecule has 1 aliphatic rings. The molecule has 1 heterocycles. The number of nitrogens with zero attached hydrogens (tertiary/aromatic N) is 1. The van der Waals surface area contributed by atoms with Gasteiger partial charge in [-0.15, -0.1) is 0 Å². The van der Waals surface area contributed by atoms with Crippen LogP contribution in [0, 0.1) is 0 Å². The Morgan fingerprint density at radius 2 is 2.05 bits per heavy atom. The van der Waals surface area contributed by atoms with Crippen molar-refractivity contribution in [2.75, 3.05) is 13.2 Å². The molecular weight excluding hydrogens is 240 g/mol. The number of nitrogens with two attached hydrogens (primary N) is 1.